The highest BCUT2D eigenvalue weighted by Crippen LogP contribution is 2.74. The van der Waals surface area contributed by atoms with Crippen molar-refractivity contribution in [1.82, 2.24) is 0 Å². The average molecular weight is 689 g/mol. The fraction of sp³-hybridized carbons (Fsp3) is 0.359. The monoisotopic (exact) mass is 687 g/mol. The van der Waals surface area contributed by atoms with E-state index in [9.17, 15) is 4.79 Å². The third kappa shape index (κ3) is 5.24. The van der Waals surface area contributed by atoms with E-state index in [2.05, 4.69) is 52.1 Å². The molecule has 0 bridgehead atoms. The number of benzene rings is 4. The van der Waals surface area contributed by atoms with Crippen LogP contribution in [0.4, 0.5) is 10.5 Å². The van der Waals surface area contributed by atoms with Crippen molar-refractivity contribution in [3.63, 3.8) is 0 Å². The zero-order valence-corrected chi connectivity index (χ0v) is 30.9. The molecule has 2 aliphatic heterocycles. The van der Waals surface area contributed by atoms with E-state index >= 15 is 0 Å². The van der Waals surface area contributed by atoms with Gasteiger partial charge in [0.25, 0.3) is 5.91 Å². The Morgan fingerprint density at radius 3 is 1.79 bits per heavy atom. The van der Waals surface area contributed by atoms with Gasteiger partial charge in [-0.05, 0) is 97.9 Å². The summed E-state index contributed by atoms with van der Waals surface area (Å²) in [5.74, 6) is -1.57. The molecule has 0 aromatic heterocycles. The zero-order chi connectivity index (χ0) is 34.0. The standard InChI is InChI=1S/C39H43Cl2NO4Si/c1-35(2,3)44-34(43)42-33-17-13-12-16-32(33)37(26-27-14-10-9-11-15-27)38(28-18-22-30(40)23-19-28,29-20-24-31(41)25-21-29)45-39(37,42)46-47(7,8)36(4,5)6/h9-25H,26H2,1-8H3/t37-,39-/m0/s1. The highest BCUT2D eigenvalue weighted by Gasteiger charge is 2.86. The smallest absolute Gasteiger partial charge is 0.419 e. The van der Waals surface area contributed by atoms with Gasteiger partial charge in [-0.1, -0.05) is 117 Å². The summed E-state index contributed by atoms with van der Waals surface area (Å²) in [6.45, 7) is 16.6. The second-order valence-electron chi connectivity index (χ2n) is 15.1. The van der Waals surface area contributed by atoms with Crippen molar-refractivity contribution in [2.24, 2.45) is 0 Å². The molecule has 8 heteroatoms. The minimum atomic E-state index is -2.68. The molecule has 5 nitrogen and oxygen atoms in total. The molecule has 246 valence electrons. The normalized spacial score (nSPS) is 21.9. The first-order valence-corrected chi connectivity index (χ1v) is 19.7. The van der Waals surface area contributed by atoms with E-state index in [1.165, 1.54) is 0 Å². The molecule has 0 radical (unpaired) electrons. The number of amides is 1. The number of halogens is 2. The number of carbonyl (C=O) groups is 1. The van der Waals surface area contributed by atoms with Crippen molar-refractivity contribution in [3.05, 3.63) is 135 Å². The molecule has 6 rings (SSSR count). The van der Waals surface area contributed by atoms with Crippen LogP contribution < -0.4 is 4.90 Å². The molecule has 0 N–H and O–H groups in total. The first-order chi connectivity index (χ1) is 22.0. The van der Waals surface area contributed by atoms with Crippen LogP contribution in [0.25, 0.3) is 0 Å². The van der Waals surface area contributed by atoms with Gasteiger partial charge in [-0.2, -0.15) is 0 Å². The summed E-state index contributed by atoms with van der Waals surface area (Å²) in [6, 6.07) is 34.0. The Kier molecular flexibility index (Phi) is 8.25. The Hall–Kier alpha value is -3.13. The van der Waals surface area contributed by atoms with E-state index in [1.807, 2.05) is 106 Å². The van der Waals surface area contributed by atoms with Gasteiger partial charge in [0.05, 0.1) is 5.69 Å². The van der Waals surface area contributed by atoms with Crippen molar-refractivity contribution >= 4 is 43.3 Å². The maximum Gasteiger partial charge on any atom is 0.419 e. The molecule has 47 heavy (non-hydrogen) atoms. The summed E-state index contributed by atoms with van der Waals surface area (Å²) in [5, 5.41) is 1.02. The van der Waals surface area contributed by atoms with Crippen LogP contribution in [0, 0.1) is 0 Å². The predicted molar refractivity (Wildman–Crippen MR) is 193 cm³/mol. The van der Waals surface area contributed by atoms with Crippen LogP contribution in [-0.4, -0.2) is 25.9 Å². The zero-order valence-electron chi connectivity index (χ0n) is 28.4. The van der Waals surface area contributed by atoms with Crippen LogP contribution in [0.2, 0.25) is 28.2 Å². The summed E-state index contributed by atoms with van der Waals surface area (Å²) < 4.78 is 21.3. The van der Waals surface area contributed by atoms with Crippen molar-refractivity contribution in [2.75, 3.05) is 4.90 Å². The number of hydrogen-bond acceptors (Lipinski definition) is 4. The maximum atomic E-state index is 14.6. The van der Waals surface area contributed by atoms with Crippen LogP contribution in [0.5, 0.6) is 0 Å². The first kappa shape index (κ1) is 33.8. The number of nitrogens with zero attached hydrogens (tertiary/aromatic N) is 1. The van der Waals surface area contributed by atoms with Crippen molar-refractivity contribution < 1.29 is 18.7 Å². The van der Waals surface area contributed by atoms with Gasteiger partial charge >= 0.3 is 6.09 Å². The molecule has 2 atom stereocenters. The van der Waals surface area contributed by atoms with Gasteiger partial charge in [0.1, 0.15) is 16.6 Å². The minimum absolute atomic E-state index is 0.212. The van der Waals surface area contributed by atoms with Gasteiger partial charge in [-0.3, -0.25) is 0 Å². The lowest BCUT2D eigenvalue weighted by Gasteiger charge is -2.69. The lowest BCUT2D eigenvalue weighted by molar-refractivity contribution is -0.404. The first-order valence-electron chi connectivity index (χ1n) is 16.1. The molecule has 0 saturated carbocycles. The molecule has 0 spiro atoms. The Morgan fingerprint density at radius 2 is 1.28 bits per heavy atom. The highest BCUT2D eigenvalue weighted by atomic mass is 35.5. The van der Waals surface area contributed by atoms with E-state index in [-0.39, 0.29) is 5.04 Å². The van der Waals surface area contributed by atoms with Crippen LogP contribution in [0.3, 0.4) is 0 Å². The molecule has 0 unspecified atom stereocenters. The summed E-state index contributed by atoms with van der Waals surface area (Å²) in [6.07, 6.45) is -0.0382. The number of para-hydroxylation sites is 1. The molecule has 2 heterocycles. The lowest BCUT2D eigenvalue weighted by Crippen LogP contribution is -2.84. The largest absolute Gasteiger partial charge is 0.443 e. The number of hydrogen-bond donors (Lipinski definition) is 0. The Morgan fingerprint density at radius 1 is 0.766 bits per heavy atom. The number of anilines is 1. The van der Waals surface area contributed by atoms with Crippen molar-refractivity contribution in [3.8, 4) is 0 Å². The van der Waals surface area contributed by atoms with Gasteiger partial charge in [-0.25, -0.2) is 9.69 Å². The number of ether oxygens (including phenoxy) is 2. The second kappa shape index (κ2) is 11.5. The van der Waals surface area contributed by atoms with Gasteiger partial charge in [0.15, 0.2) is 8.32 Å². The molecule has 1 fully saturated rings. The highest BCUT2D eigenvalue weighted by molar-refractivity contribution is 6.74. The Bertz CT molecular complexity index is 1740. The van der Waals surface area contributed by atoms with Crippen molar-refractivity contribution in [2.45, 2.75) is 88.6 Å². The van der Waals surface area contributed by atoms with Crippen LogP contribution >= 0.6 is 23.2 Å². The van der Waals surface area contributed by atoms with Gasteiger partial charge in [-0.15, -0.1) is 0 Å². The van der Waals surface area contributed by atoms with E-state index in [1.54, 1.807) is 4.90 Å². The van der Waals surface area contributed by atoms with E-state index in [4.69, 9.17) is 37.1 Å². The van der Waals surface area contributed by atoms with Crippen LogP contribution in [0.1, 0.15) is 63.8 Å². The summed E-state index contributed by atoms with van der Waals surface area (Å²) in [5.41, 5.74) is 1.59. The van der Waals surface area contributed by atoms with Gasteiger partial charge < -0.3 is 13.9 Å². The second-order valence-corrected chi connectivity index (χ2v) is 20.7. The molecule has 1 saturated heterocycles. The Labute approximate surface area is 289 Å². The van der Waals surface area contributed by atoms with E-state index in [0.717, 1.165) is 22.3 Å². The van der Waals surface area contributed by atoms with Crippen LogP contribution in [0.15, 0.2) is 103 Å². The molecule has 4 aromatic carbocycles. The van der Waals surface area contributed by atoms with Crippen molar-refractivity contribution in [1.29, 1.82) is 0 Å². The predicted octanol–water partition coefficient (Wildman–Crippen LogP) is 10.9. The SMILES string of the molecule is CC(C)(C)OC(=O)N1c2ccccc2[C@@]2(Cc3ccccc3)C(c3ccc(Cl)cc3)(c3ccc(Cl)cc3)O[C@@]12O[Si](C)(C)C(C)(C)C. The third-order valence-electron chi connectivity index (χ3n) is 9.92. The molecule has 4 aromatic rings. The molecule has 2 aliphatic rings. The van der Waals surface area contributed by atoms with E-state index < -0.39 is 36.9 Å². The number of carbonyl (C=O) groups excluding carboxylic acids is 1. The van der Waals surface area contributed by atoms with E-state index in [0.29, 0.717) is 22.2 Å². The topological polar surface area (TPSA) is 48.0 Å². The molecular weight excluding hydrogens is 645 g/mol. The van der Waals surface area contributed by atoms with Gasteiger partial charge in [0, 0.05) is 10.0 Å². The molecule has 0 aliphatic carbocycles. The number of rotatable bonds is 6. The third-order valence-corrected chi connectivity index (χ3v) is 14.8. The average Bonchev–Trinajstić information content (AvgIpc) is 3.16. The van der Waals surface area contributed by atoms with Crippen LogP contribution in [-0.2, 0) is 31.3 Å². The Balaban J connectivity index is 1.76. The van der Waals surface area contributed by atoms with Gasteiger partial charge in [0.2, 0.25) is 0 Å². The lowest BCUT2D eigenvalue weighted by atomic mass is 9.53. The fourth-order valence-corrected chi connectivity index (χ4v) is 8.46. The maximum absolute atomic E-state index is 14.6. The summed E-state index contributed by atoms with van der Waals surface area (Å²) in [4.78, 5) is 16.3. The summed E-state index contributed by atoms with van der Waals surface area (Å²) in [7, 11) is -2.68. The molecular formula is C39H43Cl2NO4Si. The minimum Gasteiger partial charge on any atom is -0.443 e. The number of fused-ring (bicyclic) bond motifs is 3. The molecule has 1 amide bonds. The quantitative estimate of drug-likeness (QED) is 0.189. The summed E-state index contributed by atoms with van der Waals surface area (Å²) >= 11 is 13.0. The fourth-order valence-electron chi connectivity index (χ4n) is 6.90.